The maximum atomic E-state index is 6.35. The van der Waals surface area contributed by atoms with Gasteiger partial charge in [0.25, 0.3) is 0 Å². The predicted molar refractivity (Wildman–Crippen MR) is 75.8 cm³/mol. The van der Waals surface area contributed by atoms with Crippen LogP contribution < -0.4 is 5.32 Å². The molecule has 0 bridgehead atoms. The number of nitrogens with one attached hydrogen (secondary N) is 1. The molecule has 1 N–H and O–H groups in total. The molecule has 1 saturated carbocycles. The van der Waals surface area contributed by atoms with Crippen LogP contribution in [0.4, 0.5) is 0 Å². The fraction of sp³-hybridized carbons (Fsp3) is 0.786. The molecule has 1 aromatic rings. The van der Waals surface area contributed by atoms with E-state index in [4.69, 9.17) is 11.6 Å². The maximum absolute atomic E-state index is 6.35. The first kappa shape index (κ1) is 13.9. The zero-order valence-electron chi connectivity index (χ0n) is 11.8. The van der Waals surface area contributed by atoms with Gasteiger partial charge in [0.05, 0.1) is 23.0 Å². The quantitative estimate of drug-likeness (QED) is 0.854. The van der Waals surface area contributed by atoms with Gasteiger partial charge in [-0.25, -0.2) is 0 Å². The molecule has 1 fully saturated rings. The molecule has 2 rings (SSSR count). The van der Waals surface area contributed by atoms with E-state index < -0.39 is 0 Å². The lowest BCUT2D eigenvalue weighted by Gasteiger charge is -2.21. The van der Waals surface area contributed by atoms with E-state index in [2.05, 4.69) is 42.8 Å². The van der Waals surface area contributed by atoms with Crippen LogP contribution in [-0.2, 0) is 6.54 Å². The van der Waals surface area contributed by atoms with Gasteiger partial charge in [0.15, 0.2) is 0 Å². The van der Waals surface area contributed by atoms with Gasteiger partial charge in [-0.15, -0.1) is 0 Å². The third-order valence-electron chi connectivity index (χ3n) is 3.98. The third-order valence-corrected chi connectivity index (χ3v) is 4.27. The van der Waals surface area contributed by atoms with Crippen molar-refractivity contribution in [2.75, 3.05) is 6.54 Å². The monoisotopic (exact) mass is 269 g/mol. The Morgan fingerprint density at radius 3 is 2.72 bits per heavy atom. The van der Waals surface area contributed by atoms with Gasteiger partial charge in [-0.1, -0.05) is 39.3 Å². The van der Waals surface area contributed by atoms with Crippen LogP contribution in [0.1, 0.15) is 52.3 Å². The summed E-state index contributed by atoms with van der Waals surface area (Å²) in [7, 11) is 0. The van der Waals surface area contributed by atoms with E-state index in [-0.39, 0.29) is 0 Å². The van der Waals surface area contributed by atoms with Crippen LogP contribution in [0.3, 0.4) is 0 Å². The van der Waals surface area contributed by atoms with Crippen molar-refractivity contribution in [3.63, 3.8) is 0 Å². The van der Waals surface area contributed by atoms with Crippen molar-refractivity contribution in [2.45, 2.75) is 53.1 Å². The van der Waals surface area contributed by atoms with Gasteiger partial charge in [0.2, 0.25) is 0 Å². The molecule has 0 aromatic carbocycles. The van der Waals surface area contributed by atoms with E-state index in [9.17, 15) is 0 Å². The van der Waals surface area contributed by atoms with Crippen molar-refractivity contribution >= 4 is 11.6 Å². The lowest BCUT2D eigenvalue weighted by Crippen LogP contribution is -2.27. The first-order valence-corrected chi connectivity index (χ1v) is 7.33. The summed E-state index contributed by atoms with van der Waals surface area (Å²) in [5, 5.41) is 8.81. The average Bonchev–Trinajstić information content (AvgIpc) is 2.78. The average molecular weight is 270 g/mol. The molecule has 0 spiro atoms. The summed E-state index contributed by atoms with van der Waals surface area (Å²) in [4.78, 5) is 0. The summed E-state index contributed by atoms with van der Waals surface area (Å²) >= 11 is 6.35. The smallest absolute Gasteiger partial charge is 0.0834 e. The van der Waals surface area contributed by atoms with Gasteiger partial charge in [-0.2, -0.15) is 5.10 Å². The van der Waals surface area contributed by atoms with E-state index >= 15 is 0 Å². The Kier molecular flexibility index (Phi) is 4.02. The summed E-state index contributed by atoms with van der Waals surface area (Å²) in [6.07, 6.45) is 4.13. The highest BCUT2D eigenvalue weighted by Gasteiger charge is 2.51. The largest absolute Gasteiger partial charge is 0.309 e. The molecule has 4 heteroatoms. The van der Waals surface area contributed by atoms with Crippen LogP contribution in [0.15, 0.2) is 6.20 Å². The molecule has 1 heterocycles. The normalized spacial score (nSPS) is 23.1. The van der Waals surface area contributed by atoms with Gasteiger partial charge >= 0.3 is 0 Å². The molecule has 2 atom stereocenters. The lowest BCUT2D eigenvalue weighted by atomic mass is 10.0. The Balaban J connectivity index is 2.28. The molecular weight excluding hydrogens is 246 g/mol. The van der Waals surface area contributed by atoms with Crippen molar-refractivity contribution in [1.82, 2.24) is 15.1 Å². The zero-order valence-corrected chi connectivity index (χ0v) is 12.6. The zero-order chi connectivity index (χ0) is 13.3. The first-order chi connectivity index (χ1) is 8.51. The van der Waals surface area contributed by atoms with Crippen LogP contribution in [0.25, 0.3) is 0 Å². The molecule has 1 aliphatic carbocycles. The molecule has 18 heavy (non-hydrogen) atoms. The fourth-order valence-corrected chi connectivity index (χ4v) is 3.06. The highest BCUT2D eigenvalue weighted by Crippen LogP contribution is 2.58. The van der Waals surface area contributed by atoms with Crippen molar-refractivity contribution in [3.8, 4) is 0 Å². The summed E-state index contributed by atoms with van der Waals surface area (Å²) in [5.41, 5.74) is 1.60. The Labute approximate surface area is 115 Å². The standard InChI is InChI=1S/C14H24ClN3/c1-5-7-18-13(11(15)9-17-18)12(16-6-2)10-8-14(10,3)4/h9-10,12,16H,5-8H2,1-4H3. The Morgan fingerprint density at radius 2 is 2.22 bits per heavy atom. The lowest BCUT2D eigenvalue weighted by molar-refractivity contribution is 0.394. The van der Waals surface area contributed by atoms with Gasteiger partial charge in [0.1, 0.15) is 0 Å². The van der Waals surface area contributed by atoms with Gasteiger partial charge in [0, 0.05) is 6.54 Å². The fourth-order valence-electron chi connectivity index (χ4n) is 2.80. The minimum absolute atomic E-state index is 0.339. The molecule has 1 aliphatic rings. The van der Waals surface area contributed by atoms with Crippen molar-refractivity contribution in [2.24, 2.45) is 11.3 Å². The molecule has 3 nitrogen and oxygen atoms in total. The number of aryl methyl sites for hydroxylation is 1. The van der Waals surface area contributed by atoms with Crippen LogP contribution >= 0.6 is 11.6 Å². The number of rotatable bonds is 6. The molecule has 1 aromatic heterocycles. The second kappa shape index (κ2) is 5.22. The van der Waals surface area contributed by atoms with Crippen LogP contribution in [0.5, 0.6) is 0 Å². The maximum Gasteiger partial charge on any atom is 0.0834 e. The number of hydrogen-bond donors (Lipinski definition) is 1. The van der Waals surface area contributed by atoms with Crippen LogP contribution in [-0.4, -0.2) is 16.3 Å². The number of aromatic nitrogens is 2. The second-order valence-electron chi connectivity index (χ2n) is 5.94. The molecular formula is C14H24ClN3. The summed E-state index contributed by atoms with van der Waals surface area (Å²) in [6, 6.07) is 0.339. The number of hydrogen-bond acceptors (Lipinski definition) is 2. The molecule has 0 saturated heterocycles. The Bertz CT molecular complexity index is 411. The first-order valence-electron chi connectivity index (χ1n) is 6.95. The topological polar surface area (TPSA) is 29.9 Å². The van der Waals surface area contributed by atoms with E-state index in [1.807, 2.05) is 0 Å². The van der Waals surface area contributed by atoms with Crippen LogP contribution in [0.2, 0.25) is 5.02 Å². The van der Waals surface area contributed by atoms with E-state index in [0.717, 1.165) is 24.5 Å². The third kappa shape index (κ3) is 2.57. The summed E-state index contributed by atoms with van der Waals surface area (Å²) < 4.78 is 2.07. The van der Waals surface area contributed by atoms with Crippen LogP contribution in [0, 0.1) is 11.3 Å². The molecule has 102 valence electrons. The molecule has 0 radical (unpaired) electrons. The Hall–Kier alpha value is -0.540. The van der Waals surface area contributed by atoms with Crippen molar-refractivity contribution in [1.29, 1.82) is 0 Å². The number of nitrogens with zero attached hydrogens (tertiary/aromatic N) is 2. The molecule has 2 unspecified atom stereocenters. The number of halogens is 1. The summed E-state index contributed by atoms with van der Waals surface area (Å²) in [5.74, 6) is 0.669. The molecule has 0 aliphatic heterocycles. The van der Waals surface area contributed by atoms with E-state index in [1.165, 1.54) is 12.1 Å². The highest BCUT2D eigenvalue weighted by atomic mass is 35.5. The Morgan fingerprint density at radius 1 is 1.56 bits per heavy atom. The summed E-state index contributed by atoms with van der Waals surface area (Å²) in [6.45, 7) is 10.9. The second-order valence-corrected chi connectivity index (χ2v) is 6.34. The van der Waals surface area contributed by atoms with Gasteiger partial charge in [-0.3, -0.25) is 4.68 Å². The minimum atomic E-state index is 0.339. The SMILES string of the molecule is CCCn1ncc(Cl)c1C(NCC)C1CC1(C)C. The van der Waals surface area contributed by atoms with E-state index in [0.29, 0.717) is 17.4 Å². The van der Waals surface area contributed by atoms with Crippen molar-refractivity contribution < 1.29 is 0 Å². The molecule has 0 amide bonds. The van der Waals surface area contributed by atoms with E-state index in [1.54, 1.807) is 6.20 Å². The van der Waals surface area contributed by atoms with Gasteiger partial charge < -0.3 is 5.32 Å². The van der Waals surface area contributed by atoms with Gasteiger partial charge in [-0.05, 0) is 30.7 Å². The predicted octanol–water partition coefficient (Wildman–Crippen LogP) is 3.64. The minimum Gasteiger partial charge on any atom is -0.309 e. The highest BCUT2D eigenvalue weighted by molar-refractivity contribution is 6.31. The van der Waals surface area contributed by atoms with Crippen molar-refractivity contribution in [3.05, 3.63) is 16.9 Å².